The van der Waals surface area contributed by atoms with Crippen LogP contribution in [0, 0.1) is 20.8 Å². The molecule has 3 heterocycles. The zero-order valence-corrected chi connectivity index (χ0v) is 14.5. The Bertz CT molecular complexity index is 1070. The highest BCUT2D eigenvalue weighted by atomic mass is 32.1. The molecular formula is C18H17N5S. The van der Waals surface area contributed by atoms with E-state index in [9.17, 15) is 0 Å². The molecule has 0 unspecified atom stereocenters. The predicted octanol–water partition coefficient (Wildman–Crippen LogP) is 4.54. The van der Waals surface area contributed by atoms with Crippen molar-refractivity contribution in [2.24, 2.45) is 5.10 Å². The van der Waals surface area contributed by atoms with E-state index in [0.29, 0.717) is 0 Å². The van der Waals surface area contributed by atoms with Gasteiger partial charge in [0.25, 0.3) is 0 Å². The number of aromatic nitrogens is 3. The Morgan fingerprint density at radius 3 is 2.88 bits per heavy atom. The second kappa shape index (κ2) is 5.72. The van der Waals surface area contributed by atoms with Crippen molar-refractivity contribution in [3.63, 3.8) is 0 Å². The van der Waals surface area contributed by atoms with Crippen molar-refractivity contribution in [1.29, 1.82) is 0 Å². The lowest BCUT2D eigenvalue weighted by molar-refractivity contribution is 1.19. The van der Waals surface area contributed by atoms with E-state index in [1.807, 2.05) is 18.3 Å². The van der Waals surface area contributed by atoms with Gasteiger partial charge in [0.15, 0.2) is 5.82 Å². The van der Waals surface area contributed by atoms with Gasteiger partial charge in [-0.15, -0.1) is 11.3 Å². The van der Waals surface area contributed by atoms with Crippen LogP contribution in [0.1, 0.15) is 21.7 Å². The molecule has 0 radical (unpaired) electrons. The lowest BCUT2D eigenvalue weighted by Gasteiger charge is -2.02. The fourth-order valence-electron chi connectivity index (χ4n) is 2.89. The van der Waals surface area contributed by atoms with E-state index in [-0.39, 0.29) is 0 Å². The quantitative estimate of drug-likeness (QED) is 0.426. The number of nitrogens with zero attached hydrogens (tertiary/aromatic N) is 3. The van der Waals surface area contributed by atoms with Crippen molar-refractivity contribution in [3.05, 3.63) is 52.3 Å². The summed E-state index contributed by atoms with van der Waals surface area (Å²) >= 11 is 1.68. The van der Waals surface area contributed by atoms with E-state index < -0.39 is 0 Å². The van der Waals surface area contributed by atoms with Crippen LogP contribution in [0.2, 0.25) is 0 Å². The minimum Gasteiger partial charge on any atom is -0.358 e. The maximum Gasteiger partial charge on any atom is 0.158 e. The first-order valence-electron chi connectivity index (χ1n) is 7.72. The summed E-state index contributed by atoms with van der Waals surface area (Å²) in [5, 5.41) is 6.63. The molecule has 0 saturated heterocycles. The Labute approximate surface area is 143 Å². The summed E-state index contributed by atoms with van der Waals surface area (Å²) in [4.78, 5) is 14.3. The third kappa shape index (κ3) is 2.35. The number of hydrogen-bond donors (Lipinski definition) is 2. The molecule has 5 nitrogen and oxygen atoms in total. The Hall–Kier alpha value is -2.73. The second-order valence-electron chi connectivity index (χ2n) is 5.76. The van der Waals surface area contributed by atoms with E-state index in [4.69, 9.17) is 0 Å². The van der Waals surface area contributed by atoms with E-state index in [2.05, 4.69) is 58.4 Å². The van der Waals surface area contributed by atoms with Crippen LogP contribution in [0.25, 0.3) is 21.1 Å². The molecule has 1 aromatic carbocycles. The van der Waals surface area contributed by atoms with Gasteiger partial charge in [-0.3, -0.25) is 5.43 Å². The van der Waals surface area contributed by atoms with Gasteiger partial charge in [-0.05, 0) is 32.4 Å². The highest BCUT2D eigenvalue weighted by Gasteiger charge is 2.11. The van der Waals surface area contributed by atoms with Gasteiger partial charge in [0.05, 0.1) is 11.6 Å². The van der Waals surface area contributed by atoms with E-state index in [1.165, 1.54) is 10.4 Å². The summed E-state index contributed by atoms with van der Waals surface area (Å²) in [6.07, 6.45) is 3.42. The van der Waals surface area contributed by atoms with Crippen molar-refractivity contribution in [3.8, 4) is 0 Å². The van der Waals surface area contributed by atoms with Crippen molar-refractivity contribution in [2.45, 2.75) is 20.8 Å². The third-order valence-corrected chi connectivity index (χ3v) is 5.39. The first-order chi connectivity index (χ1) is 11.6. The van der Waals surface area contributed by atoms with Crippen molar-refractivity contribution >= 4 is 44.5 Å². The molecule has 0 atom stereocenters. The summed E-state index contributed by atoms with van der Waals surface area (Å²) in [5.74, 6) is 0.746. The monoisotopic (exact) mass is 335 g/mol. The number of H-pyrrole nitrogens is 1. The Morgan fingerprint density at radius 2 is 2.00 bits per heavy atom. The number of thiophene rings is 1. The van der Waals surface area contributed by atoms with Gasteiger partial charge in [0.2, 0.25) is 0 Å². The number of aromatic amines is 1. The Balaban J connectivity index is 1.70. The molecular weight excluding hydrogens is 318 g/mol. The molecule has 4 rings (SSSR count). The molecule has 0 saturated carbocycles. The fourth-order valence-corrected chi connectivity index (χ4v) is 3.89. The van der Waals surface area contributed by atoms with Crippen LogP contribution in [0.5, 0.6) is 0 Å². The molecule has 0 aliphatic rings. The normalized spacial score (nSPS) is 11.8. The topological polar surface area (TPSA) is 66.0 Å². The van der Waals surface area contributed by atoms with Crippen LogP contribution in [-0.2, 0) is 0 Å². The molecule has 0 amide bonds. The fraction of sp³-hybridized carbons (Fsp3) is 0.167. The van der Waals surface area contributed by atoms with Crippen LogP contribution in [0.15, 0.2) is 35.7 Å². The standard InChI is InChI=1S/C18H17N5S/c1-10-12(3)24-18-16(10)17(19-9-20-18)23-21-8-14-11(2)22-15-7-5-4-6-13(14)15/h4-9,22H,1-3H3,(H,19,20,23). The van der Waals surface area contributed by atoms with E-state index >= 15 is 0 Å². The highest BCUT2D eigenvalue weighted by Crippen LogP contribution is 2.32. The number of para-hydroxylation sites is 1. The molecule has 0 fully saturated rings. The summed E-state index contributed by atoms with van der Waals surface area (Å²) < 4.78 is 0. The second-order valence-corrected chi connectivity index (χ2v) is 6.97. The van der Waals surface area contributed by atoms with Gasteiger partial charge < -0.3 is 4.98 Å². The van der Waals surface area contributed by atoms with Crippen molar-refractivity contribution in [2.75, 3.05) is 5.43 Å². The minimum absolute atomic E-state index is 0.746. The minimum atomic E-state index is 0.746. The van der Waals surface area contributed by atoms with Gasteiger partial charge in [-0.25, -0.2) is 9.97 Å². The molecule has 3 aromatic heterocycles. The van der Waals surface area contributed by atoms with Gasteiger partial charge >= 0.3 is 0 Å². The average Bonchev–Trinajstić information content (AvgIpc) is 3.05. The number of aryl methyl sites for hydroxylation is 3. The van der Waals surface area contributed by atoms with E-state index in [0.717, 1.165) is 38.2 Å². The lowest BCUT2D eigenvalue weighted by atomic mass is 10.1. The number of hydrogen-bond acceptors (Lipinski definition) is 5. The zero-order chi connectivity index (χ0) is 16.7. The van der Waals surface area contributed by atoms with Gasteiger partial charge in [-0.1, -0.05) is 18.2 Å². The molecule has 4 aromatic rings. The molecule has 2 N–H and O–H groups in total. The summed E-state index contributed by atoms with van der Waals surface area (Å²) in [7, 11) is 0. The van der Waals surface area contributed by atoms with Gasteiger partial charge in [0, 0.05) is 27.0 Å². The predicted molar refractivity (Wildman–Crippen MR) is 101 cm³/mol. The molecule has 120 valence electrons. The molecule has 0 spiro atoms. The maximum atomic E-state index is 4.41. The molecule has 0 bridgehead atoms. The van der Waals surface area contributed by atoms with E-state index in [1.54, 1.807) is 17.7 Å². The zero-order valence-electron chi connectivity index (χ0n) is 13.7. The molecule has 6 heteroatoms. The lowest BCUT2D eigenvalue weighted by Crippen LogP contribution is -1.96. The van der Waals surface area contributed by atoms with Gasteiger partial charge in [-0.2, -0.15) is 5.10 Å². The maximum absolute atomic E-state index is 4.41. The number of anilines is 1. The first kappa shape index (κ1) is 14.8. The first-order valence-corrected chi connectivity index (χ1v) is 8.54. The molecule has 0 aliphatic carbocycles. The number of hydrazone groups is 1. The number of nitrogens with one attached hydrogen (secondary N) is 2. The number of benzene rings is 1. The van der Waals surface area contributed by atoms with Crippen molar-refractivity contribution < 1.29 is 0 Å². The molecule has 0 aliphatic heterocycles. The SMILES string of the molecule is Cc1[nH]c2ccccc2c1C=NNc1ncnc2sc(C)c(C)c12. The smallest absolute Gasteiger partial charge is 0.158 e. The average molecular weight is 335 g/mol. The molecule has 24 heavy (non-hydrogen) atoms. The van der Waals surface area contributed by atoms with Crippen LogP contribution in [0.3, 0.4) is 0 Å². The number of rotatable bonds is 3. The van der Waals surface area contributed by atoms with Crippen molar-refractivity contribution in [1.82, 2.24) is 15.0 Å². The summed E-state index contributed by atoms with van der Waals surface area (Å²) in [6.45, 7) is 6.25. The Kier molecular flexibility index (Phi) is 3.54. The van der Waals surface area contributed by atoms with Crippen LogP contribution < -0.4 is 5.43 Å². The summed E-state index contributed by atoms with van der Waals surface area (Å²) in [5.41, 5.74) is 7.58. The number of fused-ring (bicyclic) bond motifs is 2. The van der Waals surface area contributed by atoms with Crippen LogP contribution in [0.4, 0.5) is 5.82 Å². The van der Waals surface area contributed by atoms with Gasteiger partial charge in [0.1, 0.15) is 11.2 Å². The van der Waals surface area contributed by atoms with Crippen LogP contribution in [-0.4, -0.2) is 21.2 Å². The third-order valence-electron chi connectivity index (χ3n) is 4.27. The summed E-state index contributed by atoms with van der Waals surface area (Å²) in [6, 6.07) is 8.22. The van der Waals surface area contributed by atoms with Crippen LogP contribution >= 0.6 is 11.3 Å². The Morgan fingerprint density at radius 1 is 1.17 bits per heavy atom. The highest BCUT2D eigenvalue weighted by molar-refractivity contribution is 7.18. The largest absolute Gasteiger partial charge is 0.358 e.